The molecule has 4 nitrogen and oxygen atoms in total. The van der Waals surface area contributed by atoms with Crippen LogP contribution in [0.1, 0.15) is 18.2 Å². The van der Waals surface area contributed by atoms with Crippen molar-refractivity contribution in [2.45, 2.75) is 12.6 Å². The summed E-state index contributed by atoms with van der Waals surface area (Å²) in [4.78, 5) is 2.25. The normalized spacial score (nSPS) is 20.9. The number of hydrogen-bond donors (Lipinski definition) is 0. The second-order valence-corrected chi connectivity index (χ2v) is 6.14. The third kappa shape index (κ3) is 2.36. The van der Waals surface area contributed by atoms with E-state index in [1.54, 1.807) is 7.11 Å². The van der Waals surface area contributed by atoms with E-state index >= 15 is 0 Å². The number of anilines is 1. The fourth-order valence-corrected chi connectivity index (χ4v) is 3.79. The van der Waals surface area contributed by atoms with Crippen molar-refractivity contribution < 1.29 is 4.74 Å². The molecule has 0 aliphatic carbocycles. The largest absolute Gasteiger partial charge is 0.497 e. The van der Waals surface area contributed by atoms with Crippen molar-refractivity contribution in [1.29, 1.82) is 0 Å². The van der Waals surface area contributed by atoms with E-state index < -0.39 is 0 Å². The first-order valence-electron chi connectivity index (χ1n) is 7.86. The van der Waals surface area contributed by atoms with Crippen LogP contribution in [0.25, 0.3) is 0 Å². The molecule has 2 fully saturated rings. The maximum atomic E-state index is 5.77. The Morgan fingerprint density at radius 3 is 2.43 bits per heavy atom. The molecule has 2 heterocycles. The number of fused-ring (bicyclic) bond motifs is 1. The van der Waals surface area contributed by atoms with Gasteiger partial charge in [-0.2, -0.15) is 5.01 Å². The summed E-state index contributed by atoms with van der Waals surface area (Å²) in [6.45, 7) is 2.02. The predicted molar refractivity (Wildman–Crippen MR) is 95.3 cm³/mol. The maximum absolute atomic E-state index is 5.77. The zero-order valence-corrected chi connectivity index (χ0v) is 13.9. The van der Waals surface area contributed by atoms with Gasteiger partial charge in [0.15, 0.2) is 5.11 Å². The standard InChI is InChI=1S/C18H19N3OS/c1-22-16-10-8-14(9-11-16)17-19-12-5-13-20(19)18(23)21(17)15-6-3-2-4-7-15/h2-4,6-11,17H,5,12-13H2,1H3/t17-/m0/s1. The van der Waals surface area contributed by atoms with Crippen LogP contribution in [-0.2, 0) is 0 Å². The first kappa shape index (κ1) is 14.5. The Bertz CT molecular complexity index is 704. The van der Waals surface area contributed by atoms with Gasteiger partial charge in [-0.1, -0.05) is 30.3 Å². The Kier molecular flexibility index (Phi) is 3.67. The van der Waals surface area contributed by atoms with Crippen LogP contribution in [0.2, 0.25) is 0 Å². The molecule has 23 heavy (non-hydrogen) atoms. The summed E-state index contributed by atoms with van der Waals surface area (Å²) >= 11 is 5.77. The van der Waals surface area contributed by atoms with Crippen molar-refractivity contribution in [3.63, 3.8) is 0 Å². The Labute approximate surface area is 141 Å². The number of rotatable bonds is 3. The van der Waals surface area contributed by atoms with Gasteiger partial charge in [-0.05, 0) is 48.5 Å². The van der Waals surface area contributed by atoms with Gasteiger partial charge in [0.25, 0.3) is 0 Å². The zero-order valence-electron chi connectivity index (χ0n) is 13.1. The molecule has 0 N–H and O–H groups in total. The van der Waals surface area contributed by atoms with E-state index in [1.165, 1.54) is 5.56 Å². The molecule has 0 aromatic heterocycles. The van der Waals surface area contributed by atoms with Gasteiger partial charge in [-0.15, -0.1) is 0 Å². The Morgan fingerprint density at radius 1 is 1.00 bits per heavy atom. The first-order chi connectivity index (χ1) is 11.3. The van der Waals surface area contributed by atoms with Crippen LogP contribution in [0.4, 0.5) is 5.69 Å². The summed E-state index contributed by atoms with van der Waals surface area (Å²) in [6.07, 6.45) is 1.26. The average Bonchev–Trinajstić information content (AvgIpc) is 3.18. The van der Waals surface area contributed by atoms with Crippen LogP contribution in [0.5, 0.6) is 5.75 Å². The molecule has 0 bridgehead atoms. The number of thiocarbonyl (C=S) groups is 1. The quantitative estimate of drug-likeness (QED) is 0.803. The number of ether oxygens (including phenoxy) is 1. The lowest BCUT2D eigenvalue weighted by molar-refractivity contribution is 0.0923. The Morgan fingerprint density at radius 2 is 1.74 bits per heavy atom. The van der Waals surface area contributed by atoms with Crippen molar-refractivity contribution in [2.24, 2.45) is 0 Å². The Balaban J connectivity index is 1.77. The fraction of sp³-hybridized carbons (Fsp3) is 0.278. The minimum Gasteiger partial charge on any atom is -0.497 e. The lowest BCUT2D eigenvalue weighted by atomic mass is 10.1. The zero-order chi connectivity index (χ0) is 15.8. The molecule has 0 spiro atoms. The molecule has 0 unspecified atom stereocenters. The monoisotopic (exact) mass is 325 g/mol. The van der Waals surface area contributed by atoms with E-state index in [4.69, 9.17) is 17.0 Å². The summed E-state index contributed by atoms with van der Waals surface area (Å²) in [7, 11) is 1.69. The molecular formula is C18H19N3OS. The van der Waals surface area contributed by atoms with Crippen LogP contribution < -0.4 is 9.64 Å². The van der Waals surface area contributed by atoms with E-state index in [1.807, 2.05) is 18.2 Å². The molecule has 5 heteroatoms. The molecular weight excluding hydrogens is 306 g/mol. The van der Waals surface area contributed by atoms with Crippen LogP contribution in [0.15, 0.2) is 54.6 Å². The van der Waals surface area contributed by atoms with E-state index in [0.717, 1.165) is 36.1 Å². The van der Waals surface area contributed by atoms with Crippen LogP contribution in [0, 0.1) is 0 Å². The minimum absolute atomic E-state index is 0.110. The lowest BCUT2D eigenvalue weighted by Crippen LogP contribution is -2.32. The van der Waals surface area contributed by atoms with Gasteiger partial charge in [0.05, 0.1) is 7.11 Å². The second kappa shape index (κ2) is 5.83. The second-order valence-electron chi connectivity index (χ2n) is 5.77. The van der Waals surface area contributed by atoms with Crippen LogP contribution in [0.3, 0.4) is 0 Å². The van der Waals surface area contributed by atoms with Gasteiger partial charge in [0.2, 0.25) is 0 Å². The average molecular weight is 325 g/mol. The molecule has 118 valence electrons. The van der Waals surface area contributed by atoms with E-state index in [0.29, 0.717) is 0 Å². The lowest BCUT2D eigenvalue weighted by Gasteiger charge is -2.28. The molecule has 2 saturated heterocycles. The number of hydrogen-bond acceptors (Lipinski definition) is 3. The predicted octanol–water partition coefficient (Wildman–Crippen LogP) is 3.42. The van der Waals surface area contributed by atoms with Gasteiger partial charge < -0.3 is 4.74 Å². The highest BCUT2D eigenvalue weighted by Crippen LogP contribution is 2.40. The van der Waals surface area contributed by atoms with Crippen LogP contribution in [-0.4, -0.2) is 35.3 Å². The van der Waals surface area contributed by atoms with Crippen molar-refractivity contribution in [1.82, 2.24) is 10.0 Å². The third-order valence-electron chi connectivity index (χ3n) is 4.47. The summed E-state index contributed by atoms with van der Waals surface area (Å²) in [5, 5.41) is 5.49. The fourth-order valence-electron chi connectivity index (χ4n) is 3.39. The van der Waals surface area contributed by atoms with E-state index in [9.17, 15) is 0 Å². The highest BCUT2D eigenvalue weighted by molar-refractivity contribution is 7.80. The highest BCUT2D eigenvalue weighted by Gasteiger charge is 2.45. The van der Waals surface area contributed by atoms with Gasteiger partial charge >= 0.3 is 0 Å². The number of methoxy groups -OCH3 is 1. The van der Waals surface area contributed by atoms with Crippen molar-refractivity contribution in [3.05, 3.63) is 60.2 Å². The summed E-state index contributed by atoms with van der Waals surface area (Å²) < 4.78 is 5.29. The summed E-state index contributed by atoms with van der Waals surface area (Å²) in [5.41, 5.74) is 2.36. The van der Waals surface area contributed by atoms with E-state index in [-0.39, 0.29) is 6.17 Å². The smallest absolute Gasteiger partial charge is 0.192 e. The molecule has 1 atom stereocenters. The molecule has 2 aliphatic heterocycles. The highest BCUT2D eigenvalue weighted by atomic mass is 32.1. The van der Waals surface area contributed by atoms with Gasteiger partial charge in [0.1, 0.15) is 11.9 Å². The number of para-hydroxylation sites is 1. The molecule has 0 amide bonds. The molecule has 2 aromatic rings. The Hall–Kier alpha value is -2.11. The van der Waals surface area contributed by atoms with Gasteiger partial charge in [-0.3, -0.25) is 9.91 Å². The maximum Gasteiger partial charge on any atom is 0.192 e. The number of hydrazine groups is 1. The van der Waals surface area contributed by atoms with E-state index in [2.05, 4.69) is 51.3 Å². The SMILES string of the molecule is COc1ccc([C@@H]2N(c3ccccc3)C(=S)N3CCCN23)cc1. The molecule has 0 radical (unpaired) electrons. The first-order valence-corrected chi connectivity index (χ1v) is 8.27. The number of nitrogens with zero attached hydrogens (tertiary/aromatic N) is 3. The van der Waals surface area contributed by atoms with Crippen molar-refractivity contribution >= 4 is 23.0 Å². The molecule has 2 aliphatic rings. The number of benzene rings is 2. The van der Waals surface area contributed by atoms with Gasteiger partial charge in [-0.25, -0.2) is 0 Å². The molecule has 4 rings (SSSR count). The minimum atomic E-state index is 0.110. The van der Waals surface area contributed by atoms with Gasteiger partial charge in [0, 0.05) is 18.8 Å². The molecule has 0 saturated carbocycles. The summed E-state index contributed by atoms with van der Waals surface area (Å²) in [5.74, 6) is 0.874. The van der Waals surface area contributed by atoms with Crippen molar-refractivity contribution in [3.8, 4) is 5.75 Å². The molecule has 2 aromatic carbocycles. The topological polar surface area (TPSA) is 19.0 Å². The van der Waals surface area contributed by atoms with Crippen molar-refractivity contribution in [2.75, 3.05) is 25.1 Å². The summed E-state index contributed by atoms with van der Waals surface area (Å²) in [6, 6.07) is 18.7. The third-order valence-corrected chi connectivity index (χ3v) is 4.88. The van der Waals surface area contributed by atoms with Crippen LogP contribution >= 0.6 is 12.2 Å².